The Hall–Kier alpha value is -1.99. The van der Waals surface area contributed by atoms with Crippen molar-refractivity contribution in [3.8, 4) is 6.07 Å². The highest BCUT2D eigenvalue weighted by Crippen LogP contribution is 2.28. The minimum absolute atomic E-state index is 0.352. The molecule has 3 aromatic rings. The van der Waals surface area contributed by atoms with Crippen LogP contribution in [0.5, 0.6) is 0 Å². The Morgan fingerprint density at radius 1 is 1.06 bits per heavy atom. The molecule has 0 bridgehead atoms. The van der Waals surface area contributed by atoms with Crippen LogP contribution in [0.2, 0.25) is 0 Å². The number of nitrogens with zero attached hydrogens (tertiary/aromatic N) is 2. The van der Waals surface area contributed by atoms with Gasteiger partial charge in [-0.25, -0.2) is 9.37 Å². The Bertz CT molecular complexity index is 821. The molecule has 2 aromatic carbocycles. The highest BCUT2D eigenvalue weighted by atomic mass is 79.9. The predicted molar refractivity (Wildman–Crippen MR) is 71.6 cm³/mol. The van der Waals surface area contributed by atoms with Crippen LogP contribution in [0.1, 0.15) is 5.56 Å². The number of benzene rings is 2. The van der Waals surface area contributed by atoms with Gasteiger partial charge in [0.05, 0.1) is 16.6 Å². The molecular weight excluding hydrogens is 295 g/mol. The van der Waals surface area contributed by atoms with Crippen molar-refractivity contribution >= 4 is 37.7 Å². The molecule has 0 fully saturated rings. The third kappa shape index (κ3) is 1.64. The van der Waals surface area contributed by atoms with Gasteiger partial charge in [-0.1, -0.05) is 15.9 Å². The Balaban J connectivity index is 2.57. The first-order valence-electron chi connectivity index (χ1n) is 5.27. The fourth-order valence-corrected chi connectivity index (χ4v) is 2.37. The molecule has 1 heterocycles. The number of aromatic nitrogens is 1. The highest BCUT2D eigenvalue weighted by molar-refractivity contribution is 9.10. The number of rotatable bonds is 0. The fourth-order valence-electron chi connectivity index (χ4n) is 2.01. The van der Waals surface area contributed by atoms with Crippen LogP contribution < -0.4 is 0 Å². The summed E-state index contributed by atoms with van der Waals surface area (Å²) in [6, 6.07) is 12.0. The third-order valence-electron chi connectivity index (χ3n) is 2.81. The van der Waals surface area contributed by atoms with E-state index >= 15 is 0 Å². The van der Waals surface area contributed by atoms with Gasteiger partial charge >= 0.3 is 0 Å². The van der Waals surface area contributed by atoms with Gasteiger partial charge in [-0.3, -0.25) is 0 Å². The molecule has 0 aliphatic heterocycles. The quantitative estimate of drug-likeness (QED) is 0.585. The molecule has 86 valence electrons. The van der Waals surface area contributed by atoms with Gasteiger partial charge in [-0.05, 0) is 30.3 Å². The number of hydrogen-bond donors (Lipinski definition) is 0. The molecule has 0 N–H and O–H groups in total. The van der Waals surface area contributed by atoms with Crippen LogP contribution in [-0.4, -0.2) is 4.98 Å². The second kappa shape index (κ2) is 4.04. The number of hydrogen-bond acceptors (Lipinski definition) is 2. The van der Waals surface area contributed by atoms with Crippen LogP contribution in [0.4, 0.5) is 4.39 Å². The first-order valence-corrected chi connectivity index (χ1v) is 6.07. The van der Waals surface area contributed by atoms with Crippen molar-refractivity contribution in [2.24, 2.45) is 0 Å². The summed E-state index contributed by atoms with van der Waals surface area (Å²) in [5, 5.41) is 10.7. The fraction of sp³-hybridized carbons (Fsp3) is 0. The number of pyridine rings is 1. The normalized spacial score (nSPS) is 10.7. The van der Waals surface area contributed by atoms with Crippen LogP contribution in [0.3, 0.4) is 0 Å². The van der Waals surface area contributed by atoms with E-state index in [1.807, 2.05) is 18.2 Å². The predicted octanol–water partition coefficient (Wildman–Crippen LogP) is 4.16. The second-order valence-electron chi connectivity index (χ2n) is 3.92. The summed E-state index contributed by atoms with van der Waals surface area (Å²) in [6.07, 6.45) is 0. The van der Waals surface area contributed by atoms with Crippen LogP contribution in [0, 0.1) is 17.1 Å². The molecular formula is C14H6BrFN2. The Kier molecular flexibility index (Phi) is 2.49. The smallest absolute Gasteiger partial charge is 0.125 e. The lowest BCUT2D eigenvalue weighted by Gasteiger charge is -2.05. The van der Waals surface area contributed by atoms with Crippen LogP contribution in [-0.2, 0) is 0 Å². The van der Waals surface area contributed by atoms with Crippen molar-refractivity contribution in [1.29, 1.82) is 5.26 Å². The topological polar surface area (TPSA) is 36.7 Å². The van der Waals surface area contributed by atoms with E-state index < -0.39 is 0 Å². The number of fused-ring (bicyclic) bond motifs is 2. The molecule has 0 saturated carbocycles. The molecule has 4 heteroatoms. The maximum atomic E-state index is 13.2. The van der Waals surface area contributed by atoms with E-state index in [4.69, 9.17) is 0 Å². The molecule has 0 aliphatic rings. The monoisotopic (exact) mass is 300 g/mol. The molecule has 1 aromatic heterocycles. The van der Waals surface area contributed by atoms with Gasteiger partial charge in [0, 0.05) is 21.3 Å². The maximum absolute atomic E-state index is 13.2. The minimum atomic E-state index is -0.352. The molecule has 0 radical (unpaired) electrons. The number of halogens is 2. The van der Waals surface area contributed by atoms with Gasteiger partial charge in [0.15, 0.2) is 0 Å². The summed E-state index contributed by atoms with van der Waals surface area (Å²) >= 11 is 3.37. The van der Waals surface area contributed by atoms with E-state index in [1.165, 1.54) is 12.1 Å². The minimum Gasteiger partial charge on any atom is -0.248 e. The van der Waals surface area contributed by atoms with Crippen molar-refractivity contribution < 1.29 is 4.39 Å². The number of nitriles is 1. The molecule has 0 amide bonds. The SMILES string of the molecule is N#Cc1c2ccc(F)cc2nc2ccc(Br)cc12. The summed E-state index contributed by atoms with van der Waals surface area (Å²) in [4.78, 5) is 4.38. The molecule has 0 unspecified atom stereocenters. The Labute approximate surface area is 111 Å². The van der Waals surface area contributed by atoms with Gasteiger partial charge < -0.3 is 0 Å². The molecule has 0 saturated heterocycles. The van der Waals surface area contributed by atoms with Crippen LogP contribution >= 0.6 is 15.9 Å². The standard InChI is InChI=1S/C14H6BrFN2/c15-8-1-4-13-11(5-8)12(7-17)10-3-2-9(16)6-14(10)18-13/h1-6H. The third-order valence-corrected chi connectivity index (χ3v) is 3.30. The van der Waals surface area contributed by atoms with Crippen LogP contribution in [0.15, 0.2) is 40.9 Å². The molecule has 0 spiro atoms. The van der Waals surface area contributed by atoms with Gasteiger partial charge in [-0.15, -0.1) is 0 Å². The molecule has 18 heavy (non-hydrogen) atoms. The summed E-state index contributed by atoms with van der Waals surface area (Å²) in [7, 11) is 0. The first-order chi connectivity index (χ1) is 8.69. The lowest BCUT2D eigenvalue weighted by atomic mass is 10.0. The van der Waals surface area contributed by atoms with Crippen molar-refractivity contribution in [3.05, 3.63) is 52.3 Å². The summed E-state index contributed by atoms with van der Waals surface area (Å²) in [5.74, 6) is -0.352. The van der Waals surface area contributed by atoms with Crippen molar-refractivity contribution in [2.45, 2.75) is 0 Å². The van der Waals surface area contributed by atoms with Gasteiger partial charge in [0.1, 0.15) is 11.9 Å². The molecule has 0 atom stereocenters. The largest absolute Gasteiger partial charge is 0.248 e. The Morgan fingerprint density at radius 3 is 2.67 bits per heavy atom. The van der Waals surface area contributed by atoms with Crippen molar-refractivity contribution in [3.63, 3.8) is 0 Å². The lowest BCUT2D eigenvalue weighted by molar-refractivity contribution is 0.629. The summed E-state index contributed by atoms with van der Waals surface area (Å²) < 4.78 is 14.1. The zero-order valence-electron chi connectivity index (χ0n) is 9.11. The van der Waals surface area contributed by atoms with E-state index in [-0.39, 0.29) is 5.82 Å². The van der Waals surface area contributed by atoms with E-state index in [1.54, 1.807) is 6.07 Å². The Morgan fingerprint density at radius 2 is 1.89 bits per heavy atom. The van der Waals surface area contributed by atoms with Crippen LogP contribution in [0.25, 0.3) is 21.8 Å². The second-order valence-corrected chi connectivity index (χ2v) is 4.84. The summed E-state index contributed by atoms with van der Waals surface area (Å²) in [6.45, 7) is 0. The van der Waals surface area contributed by atoms with Crippen molar-refractivity contribution in [2.75, 3.05) is 0 Å². The van der Waals surface area contributed by atoms with Gasteiger partial charge in [0.25, 0.3) is 0 Å². The average molecular weight is 301 g/mol. The first kappa shape index (κ1) is 11.1. The average Bonchev–Trinajstić information content (AvgIpc) is 2.36. The van der Waals surface area contributed by atoms with E-state index in [2.05, 4.69) is 27.0 Å². The zero-order chi connectivity index (χ0) is 12.7. The highest BCUT2D eigenvalue weighted by Gasteiger charge is 2.09. The summed E-state index contributed by atoms with van der Waals surface area (Å²) in [5.41, 5.74) is 1.71. The van der Waals surface area contributed by atoms with E-state index in [0.29, 0.717) is 22.0 Å². The lowest BCUT2D eigenvalue weighted by Crippen LogP contribution is -1.89. The molecule has 0 aliphatic carbocycles. The molecule has 2 nitrogen and oxygen atoms in total. The van der Waals surface area contributed by atoms with Gasteiger partial charge in [-0.2, -0.15) is 5.26 Å². The molecule has 3 rings (SSSR count). The maximum Gasteiger partial charge on any atom is 0.125 e. The zero-order valence-corrected chi connectivity index (χ0v) is 10.7. The van der Waals surface area contributed by atoms with Gasteiger partial charge in [0.2, 0.25) is 0 Å². The van der Waals surface area contributed by atoms with E-state index in [0.717, 1.165) is 9.86 Å². The van der Waals surface area contributed by atoms with E-state index in [9.17, 15) is 9.65 Å². The van der Waals surface area contributed by atoms with Crippen molar-refractivity contribution in [1.82, 2.24) is 4.98 Å².